The number of rotatable bonds is 7. The Morgan fingerprint density at radius 2 is 1.92 bits per heavy atom. The van der Waals surface area contributed by atoms with Gasteiger partial charge in [0.1, 0.15) is 0 Å². The van der Waals surface area contributed by atoms with E-state index in [1.54, 1.807) is 6.20 Å². The zero-order chi connectivity index (χ0) is 25.2. The average molecular weight is 483 g/mol. The summed E-state index contributed by atoms with van der Waals surface area (Å²) in [5, 5.41) is 5.40. The van der Waals surface area contributed by atoms with Crippen LogP contribution in [0.2, 0.25) is 0 Å². The van der Waals surface area contributed by atoms with E-state index in [4.69, 9.17) is 10.7 Å². The molecule has 0 unspecified atom stereocenters. The van der Waals surface area contributed by atoms with Crippen molar-refractivity contribution in [2.24, 2.45) is 5.73 Å². The molecule has 0 spiro atoms. The predicted octanol–water partition coefficient (Wildman–Crippen LogP) is 4.27. The Morgan fingerprint density at radius 1 is 1.11 bits per heavy atom. The van der Waals surface area contributed by atoms with Crippen LogP contribution in [0.15, 0.2) is 60.8 Å². The first-order valence-electron chi connectivity index (χ1n) is 12.7. The molecule has 1 aliphatic heterocycles. The minimum atomic E-state index is 0.0280. The first-order valence-corrected chi connectivity index (χ1v) is 12.7. The van der Waals surface area contributed by atoms with E-state index >= 15 is 0 Å². The van der Waals surface area contributed by atoms with Gasteiger partial charge in [0.15, 0.2) is 5.65 Å². The van der Waals surface area contributed by atoms with E-state index in [0.29, 0.717) is 25.2 Å². The second kappa shape index (κ2) is 10.2. The smallest absolute Gasteiger partial charge is 0.255 e. The Kier molecular flexibility index (Phi) is 6.85. The van der Waals surface area contributed by atoms with Crippen molar-refractivity contribution < 1.29 is 4.79 Å². The fourth-order valence-corrected chi connectivity index (χ4v) is 5.00. The molecule has 0 bridgehead atoms. The maximum absolute atomic E-state index is 13.9. The minimum Gasteiger partial charge on any atom is -0.334 e. The summed E-state index contributed by atoms with van der Waals surface area (Å²) in [6.07, 6.45) is 2.65. The Balaban J connectivity index is 1.55. The van der Waals surface area contributed by atoms with Crippen LogP contribution in [0.25, 0.3) is 22.3 Å². The highest BCUT2D eigenvalue weighted by molar-refractivity contribution is 6.06. The number of nitrogens with zero attached hydrogens (tertiary/aromatic N) is 5. The van der Waals surface area contributed by atoms with Crippen LogP contribution in [0.5, 0.6) is 0 Å². The third kappa shape index (κ3) is 4.76. The molecule has 1 aliphatic rings. The SMILES string of the molecule is CC(C)n1ncc2c(C(=O)N3CCc4ccccc4C3)cc(-c3cccc(CN(C)CCN)c3)nc21. The topological polar surface area (TPSA) is 80.3 Å². The highest BCUT2D eigenvalue weighted by Gasteiger charge is 2.25. The van der Waals surface area contributed by atoms with Crippen LogP contribution in [0.1, 0.15) is 46.9 Å². The molecule has 0 saturated heterocycles. The normalized spacial score (nSPS) is 13.6. The molecule has 0 fully saturated rings. The second-order valence-electron chi connectivity index (χ2n) is 9.95. The van der Waals surface area contributed by atoms with E-state index in [1.807, 2.05) is 21.7 Å². The van der Waals surface area contributed by atoms with Crippen LogP contribution in [0.4, 0.5) is 0 Å². The summed E-state index contributed by atoms with van der Waals surface area (Å²) in [4.78, 5) is 23.1. The fourth-order valence-electron chi connectivity index (χ4n) is 5.00. The number of carbonyl (C=O) groups is 1. The van der Waals surface area contributed by atoms with Crippen molar-refractivity contribution in [2.45, 2.75) is 39.4 Å². The summed E-state index contributed by atoms with van der Waals surface area (Å²) in [6.45, 7) is 7.75. The Morgan fingerprint density at radius 3 is 2.69 bits per heavy atom. The molecule has 2 N–H and O–H groups in total. The van der Waals surface area contributed by atoms with Crippen molar-refractivity contribution >= 4 is 16.9 Å². The molecule has 1 amide bonds. The van der Waals surface area contributed by atoms with Gasteiger partial charge in [0.2, 0.25) is 0 Å². The number of pyridine rings is 1. The standard InChI is InChI=1S/C29H34N6O/c1-20(2)35-28-26(17-31-35)25(29(36)34-13-11-22-8-4-5-9-24(22)19-34)16-27(32-28)23-10-6-7-21(15-23)18-33(3)14-12-30/h4-10,15-17,20H,11-14,18-19,30H2,1-3H3. The minimum absolute atomic E-state index is 0.0280. The lowest BCUT2D eigenvalue weighted by Crippen LogP contribution is -2.36. The molecule has 5 rings (SSSR count). The van der Waals surface area contributed by atoms with Gasteiger partial charge in [0.05, 0.1) is 22.8 Å². The lowest BCUT2D eigenvalue weighted by atomic mass is 9.98. The van der Waals surface area contributed by atoms with Crippen molar-refractivity contribution in [1.29, 1.82) is 0 Å². The number of fused-ring (bicyclic) bond motifs is 2. The summed E-state index contributed by atoms with van der Waals surface area (Å²) in [7, 11) is 2.07. The first kappa shape index (κ1) is 24.2. The van der Waals surface area contributed by atoms with Crippen molar-refractivity contribution in [3.05, 3.63) is 83.0 Å². The summed E-state index contributed by atoms with van der Waals surface area (Å²) < 4.78 is 1.90. The van der Waals surface area contributed by atoms with Gasteiger partial charge in [0, 0.05) is 44.3 Å². The molecular formula is C29H34N6O. The van der Waals surface area contributed by atoms with Crippen LogP contribution in [0.3, 0.4) is 0 Å². The van der Waals surface area contributed by atoms with Crippen LogP contribution in [-0.4, -0.2) is 57.2 Å². The fraction of sp³-hybridized carbons (Fsp3) is 0.345. The molecule has 2 aromatic carbocycles. The van der Waals surface area contributed by atoms with E-state index in [-0.39, 0.29) is 11.9 Å². The van der Waals surface area contributed by atoms with Gasteiger partial charge in [-0.3, -0.25) is 4.79 Å². The van der Waals surface area contributed by atoms with E-state index < -0.39 is 0 Å². The van der Waals surface area contributed by atoms with Gasteiger partial charge in [0.25, 0.3) is 5.91 Å². The maximum atomic E-state index is 13.9. The monoisotopic (exact) mass is 482 g/mol. The van der Waals surface area contributed by atoms with Crippen LogP contribution in [-0.2, 0) is 19.5 Å². The lowest BCUT2D eigenvalue weighted by Gasteiger charge is -2.29. The quantitative estimate of drug-likeness (QED) is 0.426. The molecule has 0 aliphatic carbocycles. The number of likely N-dealkylation sites (N-methyl/N-ethyl adjacent to an activating group) is 1. The van der Waals surface area contributed by atoms with Crippen LogP contribution >= 0.6 is 0 Å². The molecule has 7 heteroatoms. The van der Waals surface area contributed by atoms with Crippen molar-refractivity contribution in [2.75, 3.05) is 26.7 Å². The van der Waals surface area contributed by atoms with Crippen LogP contribution < -0.4 is 5.73 Å². The van der Waals surface area contributed by atoms with Crippen molar-refractivity contribution in [3.63, 3.8) is 0 Å². The van der Waals surface area contributed by atoms with E-state index in [0.717, 1.165) is 41.8 Å². The van der Waals surface area contributed by atoms with Gasteiger partial charge < -0.3 is 15.5 Å². The summed E-state index contributed by atoms with van der Waals surface area (Å²) in [6, 6.07) is 18.8. The van der Waals surface area contributed by atoms with Gasteiger partial charge in [-0.2, -0.15) is 5.10 Å². The zero-order valence-corrected chi connectivity index (χ0v) is 21.3. The molecule has 4 aromatic rings. The number of amides is 1. The second-order valence-corrected chi connectivity index (χ2v) is 9.95. The summed E-state index contributed by atoms with van der Waals surface area (Å²) in [5.74, 6) is 0.0280. The van der Waals surface area contributed by atoms with Crippen LogP contribution in [0, 0.1) is 0 Å². The Bertz CT molecular complexity index is 1390. The van der Waals surface area contributed by atoms with Crippen molar-refractivity contribution in [1.82, 2.24) is 24.6 Å². The lowest BCUT2D eigenvalue weighted by molar-refractivity contribution is 0.0736. The van der Waals surface area contributed by atoms with Crippen molar-refractivity contribution in [3.8, 4) is 11.3 Å². The van der Waals surface area contributed by atoms with Gasteiger partial charge in [-0.1, -0.05) is 42.5 Å². The third-order valence-corrected chi connectivity index (χ3v) is 6.89. The predicted molar refractivity (Wildman–Crippen MR) is 144 cm³/mol. The molecule has 186 valence electrons. The molecule has 36 heavy (non-hydrogen) atoms. The molecule has 0 radical (unpaired) electrons. The number of hydrogen-bond donors (Lipinski definition) is 1. The molecule has 0 saturated carbocycles. The molecule has 3 heterocycles. The maximum Gasteiger partial charge on any atom is 0.255 e. The number of benzene rings is 2. The van der Waals surface area contributed by atoms with Gasteiger partial charge in [-0.25, -0.2) is 9.67 Å². The van der Waals surface area contributed by atoms with E-state index in [1.165, 1.54) is 16.7 Å². The Labute approximate surface area is 212 Å². The molecular weight excluding hydrogens is 448 g/mol. The van der Waals surface area contributed by atoms with E-state index in [9.17, 15) is 4.79 Å². The van der Waals surface area contributed by atoms with E-state index in [2.05, 4.69) is 73.4 Å². The molecule has 2 aromatic heterocycles. The molecule has 7 nitrogen and oxygen atoms in total. The Hall–Kier alpha value is -3.55. The van der Waals surface area contributed by atoms with Gasteiger partial charge in [-0.05, 0) is 56.1 Å². The van der Waals surface area contributed by atoms with Gasteiger partial charge >= 0.3 is 0 Å². The highest BCUT2D eigenvalue weighted by atomic mass is 16.2. The third-order valence-electron chi connectivity index (χ3n) is 6.89. The largest absolute Gasteiger partial charge is 0.334 e. The highest BCUT2D eigenvalue weighted by Crippen LogP contribution is 2.29. The van der Waals surface area contributed by atoms with Gasteiger partial charge in [-0.15, -0.1) is 0 Å². The average Bonchev–Trinajstić information content (AvgIpc) is 3.32. The number of carbonyl (C=O) groups excluding carboxylic acids is 1. The molecule has 0 atom stereocenters. The number of nitrogens with two attached hydrogens (primary N) is 1. The number of hydrogen-bond acceptors (Lipinski definition) is 5. The number of aromatic nitrogens is 3. The zero-order valence-electron chi connectivity index (χ0n) is 21.3. The summed E-state index contributed by atoms with van der Waals surface area (Å²) >= 11 is 0. The first-order chi connectivity index (χ1) is 17.4. The summed E-state index contributed by atoms with van der Waals surface area (Å²) in [5.41, 5.74) is 12.6.